The Labute approximate surface area is 105 Å². The highest BCUT2D eigenvalue weighted by Crippen LogP contribution is 2.15. The third kappa shape index (κ3) is 3.20. The first kappa shape index (κ1) is 11.9. The summed E-state index contributed by atoms with van der Waals surface area (Å²) in [6.45, 7) is 2.88. The molecule has 0 saturated heterocycles. The van der Waals surface area contributed by atoms with Gasteiger partial charge < -0.3 is 9.73 Å². The summed E-state index contributed by atoms with van der Waals surface area (Å²) in [5.74, 6) is 1.05. The summed E-state index contributed by atoms with van der Waals surface area (Å²) in [4.78, 5) is 0. The van der Waals surface area contributed by atoms with Crippen molar-refractivity contribution in [3.8, 4) is 0 Å². The molecule has 0 aliphatic rings. The largest absolute Gasteiger partial charge is 0.407 e. The van der Waals surface area contributed by atoms with Crippen molar-refractivity contribution in [3.63, 3.8) is 0 Å². The van der Waals surface area contributed by atoms with E-state index in [0.717, 1.165) is 6.54 Å². The highest BCUT2D eigenvalue weighted by molar-refractivity contribution is 6.16. The molecule has 17 heavy (non-hydrogen) atoms. The fourth-order valence-electron chi connectivity index (χ4n) is 1.52. The lowest BCUT2D eigenvalue weighted by atomic mass is 10.0. The maximum Gasteiger partial charge on any atom is 0.315 e. The highest BCUT2D eigenvalue weighted by atomic mass is 35.5. The van der Waals surface area contributed by atoms with E-state index in [4.69, 9.17) is 16.0 Å². The average Bonchev–Trinajstić information content (AvgIpc) is 2.85. The van der Waals surface area contributed by atoms with Gasteiger partial charge >= 0.3 is 6.01 Å². The predicted molar refractivity (Wildman–Crippen MR) is 67.2 cm³/mol. The zero-order valence-corrected chi connectivity index (χ0v) is 10.3. The topological polar surface area (TPSA) is 51.0 Å². The van der Waals surface area contributed by atoms with Gasteiger partial charge in [0.2, 0.25) is 5.89 Å². The molecule has 90 valence electrons. The van der Waals surface area contributed by atoms with E-state index >= 15 is 0 Å². The van der Waals surface area contributed by atoms with Crippen molar-refractivity contribution in [3.05, 3.63) is 41.8 Å². The number of alkyl halides is 1. The second kappa shape index (κ2) is 5.68. The van der Waals surface area contributed by atoms with E-state index in [-0.39, 0.29) is 5.88 Å². The summed E-state index contributed by atoms with van der Waals surface area (Å²) in [6.07, 6.45) is 0. The van der Waals surface area contributed by atoms with Gasteiger partial charge in [0.15, 0.2) is 0 Å². The predicted octanol–water partition coefficient (Wildman–Crippen LogP) is 3.02. The number of halogens is 1. The van der Waals surface area contributed by atoms with E-state index in [9.17, 15) is 0 Å². The number of rotatable bonds is 5. The van der Waals surface area contributed by atoms with Gasteiger partial charge in [-0.05, 0) is 11.5 Å². The van der Waals surface area contributed by atoms with Gasteiger partial charge in [-0.3, -0.25) is 0 Å². The molecule has 0 radical (unpaired) electrons. The SMILES string of the molecule is CC(CNc1nnc(CCl)o1)c1ccccc1. The molecular formula is C12H14ClN3O. The first-order valence-electron chi connectivity index (χ1n) is 5.46. The third-order valence-electron chi connectivity index (χ3n) is 2.51. The van der Waals surface area contributed by atoms with Crippen LogP contribution in [0.25, 0.3) is 0 Å². The maximum absolute atomic E-state index is 5.57. The summed E-state index contributed by atoms with van der Waals surface area (Å²) in [7, 11) is 0. The summed E-state index contributed by atoms with van der Waals surface area (Å²) in [5, 5.41) is 10.7. The summed E-state index contributed by atoms with van der Waals surface area (Å²) in [5.41, 5.74) is 1.28. The van der Waals surface area contributed by atoms with Crippen molar-refractivity contribution < 1.29 is 4.42 Å². The molecule has 1 aromatic carbocycles. The van der Waals surface area contributed by atoms with E-state index in [1.54, 1.807) is 0 Å². The Morgan fingerprint density at radius 1 is 1.29 bits per heavy atom. The smallest absolute Gasteiger partial charge is 0.315 e. The molecule has 1 atom stereocenters. The minimum atomic E-state index is 0.239. The van der Waals surface area contributed by atoms with Crippen LogP contribution in [0.2, 0.25) is 0 Å². The molecule has 1 unspecified atom stereocenters. The quantitative estimate of drug-likeness (QED) is 0.830. The van der Waals surface area contributed by atoms with Gasteiger partial charge in [0, 0.05) is 6.54 Å². The summed E-state index contributed by atoms with van der Waals surface area (Å²) < 4.78 is 5.25. The fourth-order valence-corrected chi connectivity index (χ4v) is 1.63. The second-order valence-corrected chi connectivity index (χ2v) is 4.09. The van der Waals surface area contributed by atoms with Crippen LogP contribution in [0.15, 0.2) is 34.7 Å². The van der Waals surface area contributed by atoms with Crippen LogP contribution in [0, 0.1) is 0 Å². The highest BCUT2D eigenvalue weighted by Gasteiger charge is 2.08. The minimum Gasteiger partial charge on any atom is -0.407 e. The van der Waals surface area contributed by atoms with Crippen molar-refractivity contribution >= 4 is 17.6 Å². The maximum atomic E-state index is 5.57. The van der Waals surface area contributed by atoms with Crippen LogP contribution < -0.4 is 5.32 Å². The average molecular weight is 252 g/mol. The Bertz CT molecular complexity index is 458. The molecule has 0 aliphatic heterocycles. The lowest BCUT2D eigenvalue weighted by Gasteiger charge is -2.11. The van der Waals surface area contributed by atoms with Crippen LogP contribution in [-0.2, 0) is 5.88 Å². The number of benzene rings is 1. The van der Waals surface area contributed by atoms with Gasteiger partial charge in [-0.1, -0.05) is 42.4 Å². The zero-order chi connectivity index (χ0) is 12.1. The van der Waals surface area contributed by atoms with Crippen LogP contribution in [-0.4, -0.2) is 16.7 Å². The monoisotopic (exact) mass is 251 g/mol. The molecule has 2 aromatic rings. The van der Waals surface area contributed by atoms with Gasteiger partial charge in [0.1, 0.15) is 5.88 Å². The van der Waals surface area contributed by atoms with Crippen molar-refractivity contribution in [2.75, 3.05) is 11.9 Å². The molecule has 1 N–H and O–H groups in total. The second-order valence-electron chi connectivity index (χ2n) is 3.83. The first-order valence-corrected chi connectivity index (χ1v) is 6.00. The van der Waals surface area contributed by atoms with Crippen LogP contribution in [0.3, 0.4) is 0 Å². The number of nitrogens with one attached hydrogen (secondary N) is 1. The number of aromatic nitrogens is 2. The van der Waals surface area contributed by atoms with Crippen molar-refractivity contribution in [2.24, 2.45) is 0 Å². The minimum absolute atomic E-state index is 0.239. The van der Waals surface area contributed by atoms with Crippen LogP contribution >= 0.6 is 11.6 Å². The van der Waals surface area contributed by atoms with Crippen molar-refractivity contribution in [1.29, 1.82) is 0 Å². The van der Waals surface area contributed by atoms with Crippen LogP contribution in [0.4, 0.5) is 6.01 Å². The molecule has 0 bridgehead atoms. The molecule has 0 saturated carbocycles. The number of nitrogens with zero attached hydrogens (tertiary/aromatic N) is 2. The van der Waals surface area contributed by atoms with Gasteiger partial charge in [-0.25, -0.2) is 0 Å². The zero-order valence-electron chi connectivity index (χ0n) is 9.56. The van der Waals surface area contributed by atoms with Crippen LogP contribution in [0.5, 0.6) is 0 Å². The Balaban J connectivity index is 1.90. The van der Waals surface area contributed by atoms with Gasteiger partial charge in [0.25, 0.3) is 0 Å². The van der Waals surface area contributed by atoms with Crippen LogP contribution in [0.1, 0.15) is 24.3 Å². The Hall–Kier alpha value is -1.55. The van der Waals surface area contributed by atoms with E-state index in [2.05, 4.69) is 34.6 Å². The van der Waals surface area contributed by atoms with Gasteiger partial charge in [-0.15, -0.1) is 16.7 Å². The van der Waals surface area contributed by atoms with Crippen molar-refractivity contribution in [2.45, 2.75) is 18.7 Å². The van der Waals surface area contributed by atoms with E-state index in [1.165, 1.54) is 5.56 Å². The molecule has 0 fully saturated rings. The van der Waals surface area contributed by atoms with E-state index < -0.39 is 0 Å². The van der Waals surface area contributed by atoms with Gasteiger partial charge in [-0.2, -0.15) is 0 Å². The Morgan fingerprint density at radius 2 is 2.06 bits per heavy atom. The molecule has 1 heterocycles. The number of hydrogen-bond donors (Lipinski definition) is 1. The molecule has 5 heteroatoms. The molecule has 1 aromatic heterocycles. The standard InChI is InChI=1S/C12H14ClN3O/c1-9(10-5-3-2-4-6-10)8-14-12-16-15-11(7-13)17-12/h2-6,9H,7-8H2,1H3,(H,14,16). The lowest BCUT2D eigenvalue weighted by Crippen LogP contribution is -2.09. The van der Waals surface area contributed by atoms with E-state index in [0.29, 0.717) is 17.8 Å². The third-order valence-corrected chi connectivity index (χ3v) is 2.74. The summed E-state index contributed by atoms with van der Waals surface area (Å²) in [6, 6.07) is 10.7. The number of hydrogen-bond acceptors (Lipinski definition) is 4. The number of anilines is 1. The summed E-state index contributed by atoms with van der Waals surface area (Å²) >= 11 is 5.57. The van der Waals surface area contributed by atoms with Crippen molar-refractivity contribution in [1.82, 2.24) is 10.2 Å². The Kier molecular flexibility index (Phi) is 3.98. The molecule has 4 nitrogen and oxygen atoms in total. The first-order chi connectivity index (χ1) is 8.29. The lowest BCUT2D eigenvalue weighted by molar-refractivity contribution is 0.523. The molecule has 0 amide bonds. The Morgan fingerprint density at radius 3 is 2.71 bits per heavy atom. The van der Waals surface area contributed by atoms with Gasteiger partial charge in [0.05, 0.1) is 0 Å². The molecule has 2 rings (SSSR count). The normalized spacial score (nSPS) is 12.4. The molecular weight excluding hydrogens is 238 g/mol. The van der Waals surface area contributed by atoms with E-state index in [1.807, 2.05) is 18.2 Å². The fraction of sp³-hybridized carbons (Fsp3) is 0.333. The molecule has 0 spiro atoms. The molecule has 0 aliphatic carbocycles.